The van der Waals surface area contributed by atoms with Crippen LogP contribution in [0, 0.1) is 0 Å². The Morgan fingerprint density at radius 1 is 0.875 bits per heavy atom. The SMILES string of the molecule is c1cncc(-c2csc3cc(-c4ccc5c(c4)OCO5)ccc23)c1. The topological polar surface area (TPSA) is 31.4 Å². The molecule has 0 fully saturated rings. The van der Waals surface area contributed by atoms with E-state index in [1.807, 2.05) is 24.4 Å². The summed E-state index contributed by atoms with van der Waals surface area (Å²) in [5.41, 5.74) is 4.71. The molecule has 0 unspecified atom stereocenters. The number of rotatable bonds is 2. The zero-order valence-electron chi connectivity index (χ0n) is 12.7. The van der Waals surface area contributed by atoms with Crippen molar-refractivity contribution in [1.29, 1.82) is 0 Å². The number of hydrogen-bond donors (Lipinski definition) is 0. The number of hydrogen-bond acceptors (Lipinski definition) is 4. The van der Waals surface area contributed by atoms with Crippen LogP contribution in [0.2, 0.25) is 0 Å². The molecule has 1 aliphatic rings. The lowest BCUT2D eigenvalue weighted by Crippen LogP contribution is -1.92. The molecule has 0 amide bonds. The van der Waals surface area contributed by atoms with Crippen LogP contribution >= 0.6 is 11.3 Å². The standard InChI is InChI=1S/C20H13NO2S/c1-2-15(10-21-7-1)17-11-24-20-9-14(3-5-16(17)20)13-4-6-18-19(8-13)23-12-22-18/h1-11H,12H2. The van der Waals surface area contributed by atoms with Gasteiger partial charge in [-0.1, -0.05) is 24.3 Å². The van der Waals surface area contributed by atoms with Crippen LogP contribution in [-0.2, 0) is 0 Å². The monoisotopic (exact) mass is 331 g/mol. The normalized spacial score (nSPS) is 12.7. The van der Waals surface area contributed by atoms with Crippen LogP contribution in [0.5, 0.6) is 11.5 Å². The first-order valence-corrected chi connectivity index (χ1v) is 8.58. The van der Waals surface area contributed by atoms with E-state index in [0.717, 1.165) is 22.6 Å². The molecule has 0 saturated heterocycles. The van der Waals surface area contributed by atoms with Crippen molar-refractivity contribution in [2.24, 2.45) is 0 Å². The molecule has 1 aliphatic heterocycles. The summed E-state index contributed by atoms with van der Waals surface area (Å²) in [5.74, 6) is 1.63. The van der Waals surface area contributed by atoms with Gasteiger partial charge < -0.3 is 9.47 Å². The molecule has 5 rings (SSSR count). The number of fused-ring (bicyclic) bond motifs is 2. The van der Waals surface area contributed by atoms with Gasteiger partial charge >= 0.3 is 0 Å². The number of nitrogens with zero attached hydrogens (tertiary/aromatic N) is 1. The van der Waals surface area contributed by atoms with E-state index < -0.39 is 0 Å². The van der Waals surface area contributed by atoms with Crippen LogP contribution in [0.3, 0.4) is 0 Å². The Balaban J connectivity index is 1.60. The average Bonchev–Trinajstić information content (AvgIpc) is 3.28. The van der Waals surface area contributed by atoms with Gasteiger partial charge in [0.15, 0.2) is 11.5 Å². The van der Waals surface area contributed by atoms with Gasteiger partial charge in [-0.25, -0.2) is 0 Å². The molecule has 24 heavy (non-hydrogen) atoms. The molecule has 0 bridgehead atoms. The quantitative estimate of drug-likeness (QED) is 0.495. The lowest BCUT2D eigenvalue weighted by Gasteiger charge is -2.05. The molecule has 4 heteroatoms. The van der Waals surface area contributed by atoms with Gasteiger partial charge in [0.25, 0.3) is 0 Å². The minimum absolute atomic E-state index is 0.303. The first-order valence-electron chi connectivity index (χ1n) is 7.70. The van der Waals surface area contributed by atoms with E-state index in [0.29, 0.717) is 6.79 Å². The summed E-state index contributed by atoms with van der Waals surface area (Å²) >= 11 is 1.76. The predicted molar refractivity (Wildman–Crippen MR) is 96.6 cm³/mol. The molecule has 116 valence electrons. The van der Waals surface area contributed by atoms with E-state index in [1.165, 1.54) is 21.2 Å². The van der Waals surface area contributed by atoms with Crippen molar-refractivity contribution >= 4 is 21.4 Å². The Bertz CT molecular complexity index is 1040. The fraction of sp³-hybridized carbons (Fsp3) is 0.0500. The molecule has 2 aromatic heterocycles. The lowest BCUT2D eigenvalue weighted by molar-refractivity contribution is 0.174. The van der Waals surface area contributed by atoms with E-state index in [1.54, 1.807) is 17.5 Å². The summed E-state index contributed by atoms with van der Waals surface area (Å²) in [5, 5.41) is 3.46. The first-order chi connectivity index (χ1) is 11.9. The van der Waals surface area contributed by atoms with E-state index in [9.17, 15) is 0 Å². The number of pyridine rings is 1. The van der Waals surface area contributed by atoms with E-state index >= 15 is 0 Å². The van der Waals surface area contributed by atoms with Crippen LogP contribution in [0.1, 0.15) is 0 Å². The van der Waals surface area contributed by atoms with Crippen LogP contribution in [-0.4, -0.2) is 11.8 Å². The molecule has 0 radical (unpaired) electrons. The zero-order chi connectivity index (χ0) is 15.9. The molecule has 0 N–H and O–H groups in total. The molecular formula is C20H13NO2S. The largest absolute Gasteiger partial charge is 0.454 e. The minimum Gasteiger partial charge on any atom is -0.454 e. The van der Waals surface area contributed by atoms with Crippen LogP contribution < -0.4 is 9.47 Å². The van der Waals surface area contributed by atoms with Gasteiger partial charge in [-0.2, -0.15) is 0 Å². The third-order valence-corrected chi connectivity index (χ3v) is 5.20. The highest BCUT2D eigenvalue weighted by Crippen LogP contribution is 2.39. The minimum atomic E-state index is 0.303. The average molecular weight is 331 g/mol. The fourth-order valence-electron chi connectivity index (χ4n) is 3.03. The number of aromatic nitrogens is 1. The second kappa shape index (κ2) is 5.35. The van der Waals surface area contributed by atoms with Crippen molar-refractivity contribution in [3.63, 3.8) is 0 Å². The van der Waals surface area contributed by atoms with Gasteiger partial charge in [-0.05, 0) is 40.8 Å². The van der Waals surface area contributed by atoms with Crippen LogP contribution in [0.25, 0.3) is 32.3 Å². The first kappa shape index (κ1) is 13.6. The highest BCUT2D eigenvalue weighted by Gasteiger charge is 2.14. The summed E-state index contributed by atoms with van der Waals surface area (Å²) in [6.07, 6.45) is 3.71. The summed E-state index contributed by atoms with van der Waals surface area (Å²) in [6, 6.07) is 16.7. The Kier molecular flexibility index (Phi) is 3.03. The van der Waals surface area contributed by atoms with E-state index in [4.69, 9.17) is 9.47 Å². The maximum absolute atomic E-state index is 5.48. The fourth-order valence-corrected chi connectivity index (χ4v) is 4.04. The van der Waals surface area contributed by atoms with Gasteiger partial charge in [-0.3, -0.25) is 4.98 Å². The van der Waals surface area contributed by atoms with Gasteiger partial charge in [-0.15, -0.1) is 11.3 Å². The van der Waals surface area contributed by atoms with Crippen LogP contribution in [0.15, 0.2) is 66.3 Å². The van der Waals surface area contributed by atoms with Gasteiger partial charge in [0.2, 0.25) is 6.79 Å². The lowest BCUT2D eigenvalue weighted by atomic mass is 10.0. The van der Waals surface area contributed by atoms with Crippen molar-refractivity contribution in [3.8, 4) is 33.8 Å². The Morgan fingerprint density at radius 3 is 2.67 bits per heavy atom. The van der Waals surface area contributed by atoms with Gasteiger partial charge in [0.1, 0.15) is 0 Å². The molecule has 2 aromatic carbocycles. The Morgan fingerprint density at radius 2 is 1.75 bits per heavy atom. The van der Waals surface area contributed by atoms with Gasteiger partial charge in [0, 0.05) is 33.6 Å². The maximum Gasteiger partial charge on any atom is 0.231 e. The molecule has 0 atom stereocenters. The Hall–Kier alpha value is -2.85. The van der Waals surface area contributed by atoms with E-state index in [2.05, 4.69) is 40.7 Å². The molecule has 0 saturated carbocycles. The molecule has 3 nitrogen and oxygen atoms in total. The predicted octanol–water partition coefficient (Wildman–Crippen LogP) is 5.36. The summed E-state index contributed by atoms with van der Waals surface area (Å²) in [7, 11) is 0. The molecular weight excluding hydrogens is 318 g/mol. The van der Waals surface area contributed by atoms with Crippen LogP contribution in [0.4, 0.5) is 0 Å². The maximum atomic E-state index is 5.48. The molecule has 4 aromatic rings. The van der Waals surface area contributed by atoms with Crippen molar-refractivity contribution in [3.05, 3.63) is 66.3 Å². The zero-order valence-corrected chi connectivity index (χ0v) is 13.5. The number of thiophene rings is 1. The number of ether oxygens (including phenoxy) is 2. The van der Waals surface area contributed by atoms with Crippen molar-refractivity contribution in [2.45, 2.75) is 0 Å². The summed E-state index contributed by atoms with van der Waals surface area (Å²) in [4.78, 5) is 4.22. The highest BCUT2D eigenvalue weighted by atomic mass is 32.1. The third-order valence-electron chi connectivity index (χ3n) is 4.25. The van der Waals surface area contributed by atoms with E-state index in [-0.39, 0.29) is 0 Å². The summed E-state index contributed by atoms with van der Waals surface area (Å²) in [6.45, 7) is 0.303. The smallest absolute Gasteiger partial charge is 0.231 e. The van der Waals surface area contributed by atoms with Crippen molar-refractivity contribution in [2.75, 3.05) is 6.79 Å². The third kappa shape index (κ3) is 2.15. The summed E-state index contributed by atoms with van der Waals surface area (Å²) < 4.78 is 12.1. The van der Waals surface area contributed by atoms with Gasteiger partial charge in [0.05, 0.1) is 0 Å². The second-order valence-electron chi connectivity index (χ2n) is 5.67. The molecule has 3 heterocycles. The molecule has 0 aliphatic carbocycles. The molecule has 0 spiro atoms. The Labute approximate surface area is 143 Å². The van der Waals surface area contributed by atoms with Crippen molar-refractivity contribution < 1.29 is 9.47 Å². The second-order valence-corrected chi connectivity index (χ2v) is 6.58. The van der Waals surface area contributed by atoms with Crippen molar-refractivity contribution in [1.82, 2.24) is 4.98 Å². The highest BCUT2D eigenvalue weighted by molar-refractivity contribution is 7.17. The number of benzene rings is 2.